The summed E-state index contributed by atoms with van der Waals surface area (Å²) in [6, 6.07) is 7.29. The lowest BCUT2D eigenvalue weighted by Crippen LogP contribution is -2.50. The van der Waals surface area contributed by atoms with E-state index in [0.717, 1.165) is 36.1 Å². The number of hydrogen-bond donors (Lipinski definition) is 6. The van der Waals surface area contributed by atoms with Crippen molar-refractivity contribution in [1.82, 2.24) is 21.3 Å². The summed E-state index contributed by atoms with van der Waals surface area (Å²) in [5.74, 6) is -0.935. The molecule has 0 unspecified atom stereocenters. The van der Waals surface area contributed by atoms with E-state index in [9.17, 15) is 29.1 Å². The maximum absolute atomic E-state index is 12.5. The second kappa shape index (κ2) is 24.7. The van der Waals surface area contributed by atoms with E-state index in [2.05, 4.69) is 46.2 Å². The van der Waals surface area contributed by atoms with Gasteiger partial charge in [-0.25, -0.2) is 0 Å². The summed E-state index contributed by atoms with van der Waals surface area (Å²) in [5, 5.41) is 25.8. The number of epoxide rings is 1. The molecular formula is C47H69N5O10. The molecule has 3 saturated heterocycles. The molecule has 0 aromatic heterocycles. The van der Waals surface area contributed by atoms with Crippen LogP contribution >= 0.6 is 0 Å². The van der Waals surface area contributed by atoms with Gasteiger partial charge >= 0.3 is 5.97 Å². The summed E-state index contributed by atoms with van der Waals surface area (Å²) in [7, 11) is 0. The van der Waals surface area contributed by atoms with Crippen LogP contribution in [0.4, 0.5) is 5.69 Å². The van der Waals surface area contributed by atoms with Crippen molar-refractivity contribution in [2.45, 2.75) is 154 Å². The molecule has 0 aliphatic carbocycles. The third-order valence-electron chi connectivity index (χ3n) is 11.3. The fraction of sp³-hybridized carbons (Fsp3) is 0.596. The van der Waals surface area contributed by atoms with Crippen LogP contribution in [-0.4, -0.2) is 103 Å². The molecule has 3 aliphatic rings. The van der Waals surface area contributed by atoms with E-state index in [-0.39, 0.29) is 60.4 Å². The number of allylic oxidation sites excluding steroid dienone is 2. The fourth-order valence-electron chi connectivity index (χ4n) is 7.58. The van der Waals surface area contributed by atoms with Crippen LogP contribution in [0.1, 0.15) is 105 Å². The first-order valence-electron chi connectivity index (χ1n) is 22.0. The van der Waals surface area contributed by atoms with Crippen LogP contribution in [0.5, 0.6) is 0 Å². The molecule has 3 aliphatic heterocycles. The molecule has 0 radical (unpaired) electrons. The Hall–Kier alpha value is -4.83. The van der Waals surface area contributed by atoms with Crippen molar-refractivity contribution in [3.8, 4) is 0 Å². The lowest BCUT2D eigenvalue weighted by molar-refractivity contribution is -0.143. The molecule has 15 nitrogen and oxygen atoms in total. The predicted molar refractivity (Wildman–Crippen MR) is 236 cm³/mol. The topological polar surface area (TPSA) is 206 Å². The van der Waals surface area contributed by atoms with Crippen molar-refractivity contribution < 1.29 is 48.0 Å². The molecule has 1 aromatic carbocycles. The van der Waals surface area contributed by atoms with Gasteiger partial charge in [-0.15, -0.1) is 0 Å². The summed E-state index contributed by atoms with van der Waals surface area (Å²) >= 11 is 0. The van der Waals surface area contributed by atoms with E-state index in [1.54, 1.807) is 19.9 Å². The maximum Gasteiger partial charge on any atom is 0.303 e. The third kappa shape index (κ3) is 17.1. The fourth-order valence-corrected chi connectivity index (χ4v) is 7.58. The van der Waals surface area contributed by atoms with Crippen LogP contribution in [0.3, 0.4) is 0 Å². The van der Waals surface area contributed by atoms with Crippen LogP contribution in [0.15, 0.2) is 72.5 Å². The molecule has 3 heterocycles. The molecule has 4 rings (SSSR count). The highest BCUT2D eigenvalue weighted by molar-refractivity contribution is 5.94. The van der Waals surface area contributed by atoms with Crippen LogP contribution < -0.4 is 26.6 Å². The normalized spacial score (nSPS) is 26.4. The molecule has 342 valence electrons. The molecule has 6 N–H and O–H groups in total. The Balaban J connectivity index is 1.16. The Bertz CT molecular complexity index is 1770. The van der Waals surface area contributed by atoms with Gasteiger partial charge in [-0.3, -0.25) is 24.0 Å². The van der Waals surface area contributed by atoms with E-state index in [0.29, 0.717) is 63.9 Å². The van der Waals surface area contributed by atoms with Crippen molar-refractivity contribution in [2.24, 2.45) is 5.92 Å². The van der Waals surface area contributed by atoms with Crippen LogP contribution in [0.2, 0.25) is 0 Å². The minimum Gasteiger partial charge on any atom is -0.459 e. The van der Waals surface area contributed by atoms with Gasteiger partial charge in [0.2, 0.25) is 23.6 Å². The van der Waals surface area contributed by atoms with Gasteiger partial charge in [-0.05, 0) is 76.1 Å². The third-order valence-corrected chi connectivity index (χ3v) is 11.3. The Morgan fingerprint density at radius 2 is 1.73 bits per heavy atom. The second-order valence-corrected chi connectivity index (χ2v) is 16.8. The molecule has 1 aromatic rings. The molecule has 15 heteroatoms. The Labute approximate surface area is 366 Å². The Morgan fingerprint density at radius 1 is 0.984 bits per heavy atom. The van der Waals surface area contributed by atoms with E-state index in [1.165, 1.54) is 13.0 Å². The average Bonchev–Trinajstić information content (AvgIpc) is 4.01. The molecule has 0 bridgehead atoms. The molecule has 4 amide bonds. The molecular weight excluding hydrogens is 795 g/mol. The zero-order chi connectivity index (χ0) is 45.2. The van der Waals surface area contributed by atoms with Crippen molar-refractivity contribution in [1.29, 1.82) is 0 Å². The van der Waals surface area contributed by atoms with Gasteiger partial charge in [0.1, 0.15) is 23.9 Å². The summed E-state index contributed by atoms with van der Waals surface area (Å²) in [6.07, 6.45) is 12.3. The van der Waals surface area contributed by atoms with Gasteiger partial charge in [0, 0.05) is 63.2 Å². The van der Waals surface area contributed by atoms with Crippen molar-refractivity contribution in [3.63, 3.8) is 0 Å². The summed E-state index contributed by atoms with van der Waals surface area (Å²) in [5.41, 5.74) is 2.79. The SMILES string of the molecule is C=C(C[C@@H]1C[C@@]2(CO2)[C@H](O)[C@@H](/C=C/C(C)=C/C[C@@H]2O[C@H](C)[C@H](NC(=O)/C=C\[C@H](C)OC(C)=O)C[C@@H]2C)O1)NCc1ccc(NC(=O)CNC(=O)CCCCCNC(=O)CC)cc1. The highest BCUT2D eigenvalue weighted by Gasteiger charge is 2.58. The molecule has 1 spiro atoms. The van der Waals surface area contributed by atoms with Gasteiger partial charge in [0.15, 0.2) is 0 Å². The van der Waals surface area contributed by atoms with Crippen LogP contribution in [0, 0.1) is 5.92 Å². The minimum absolute atomic E-state index is 0.0198. The highest BCUT2D eigenvalue weighted by atomic mass is 16.6. The second-order valence-electron chi connectivity index (χ2n) is 16.8. The number of hydrogen-bond acceptors (Lipinski definition) is 11. The van der Waals surface area contributed by atoms with Gasteiger partial charge in [-0.2, -0.15) is 0 Å². The number of ether oxygens (including phenoxy) is 4. The smallest absolute Gasteiger partial charge is 0.303 e. The zero-order valence-corrected chi connectivity index (χ0v) is 37.3. The zero-order valence-electron chi connectivity index (χ0n) is 37.3. The Kier molecular flexibility index (Phi) is 19.9. The first-order valence-corrected chi connectivity index (χ1v) is 22.0. The Morgan fingerprint density at radius 3 is 2.42 bits per heavy atom. The predicted octanol–water partition coefficient (Wildman–Crippen LogP) is 4.81. The number of anilines is 1. The van der Waals surface area contributed by atoms with Crippen LogP contribution in [-0.2, 0) is 49.5 Å². The van der Waals surface area contributed by atoms with Gasteiger partial charge in [0.25, 0.3) is 0 Å². The molecule has 9 atom stereocenters. The van der Waals surface area contributed by atoms with E-state index in [4.69, 9.17) is 18.9 Å². The van der Waals surface area contributed by atoms with E-state index < -0.39 is 29.9 Å². The minimum atomic E-state index is -0.795. The maximum atomic E-state index is 12.5. The van der Waals surface area contributed by atoms with Gasteiger partial charge < -0.3 is 50.6 Å². The summed E-state index contributed by atoms with van der Waals surface area (Å²) in [4.78, 5) is 59.4. The van der Waals surface area contributed by atoms with E-state index in [1.807, 2.05) is 50.3 Å². The molecule has 0 saturated carbocycles. The highest BCUT2D eigenvalue weighted by Crippen LogP contribution is 2.43. The number of unbranched alkanes of at least 4 members (excludes halogenated alkanes) is 2. The number of carbonyl (C=O) groups is 5. The lowest BCUT2D eigenvalue weighted by Gasteiger charge is -2.39. The average molecular weight is 864 g/mol. The number of amides is 4. The van der Waals surface area contributed by atoms with Gasteiger partial charge in [0.05, 0.1) is 37.5 Å². The number of carbonyl (C=O) groups excluding carboxylic acids is 5. The summed E-state index contributed by atoms with van der Waals surface area (Å²) in [6.45, 7) is 16.6. The van der Waals surface area contributed by atoms with Crippen molar-refractivity contribution in [2.75, 3.05) is 25.0 Å². The van der Waals surface area contributed by atoms with Crippen molar-refractivity contribution >= 4 is 35.3 Å². The molecule has 3 fully saturated rings. The first-order chi connectivity index (χ1) is 29.5. The largest absolute Gasteiger partial charge is 0.459 e. The monoisotopic (exact) mass is 864 g/mol. The van der Waals surface area contributed by atoms with E-state index >= 15 is 0 Å². The standard InChI is InChI=1S/C47H69N5O10/c1-8-42(54)48-23-11-9-10-12-43(55)50-28-45(57)51-37-18-16-36(17-19-37)27-49-32(4)25-38-26-47(29-59-47)46(58)41(62-38)21-14-30(2)13-20-40-31(3)24-39(34(6)61-40)52-44(56)22-15-33(5)60-35(7)53/h13-19,21-22,31,33-34,38-41,46,49,58H,4,8-12,20,23-29H2,1-3,5-7H3,(H,48,54)(H,50,55)(H,51,57)(H,52,56)/b21-14+,22-15-,30-13+/t31-,33-,34+,38+,39+,40-,41+,46+,47+/m0/s1. The molecule has 62 heavy (non-hydrogen) atoms. The van der Waals surface area contributed by atoms with Gasteiger partial charge in [-0.1, -0.05) is 62.8 Å². The number of aliphatic hydroxyl groups is 1. The number of aliphatic hydroxyl groups excluding tert-OH is 1. The number of esters is 1. The number of nitrogens with one attached hydrogen (secondary N) is 5. The lowest BCUT2D eigenvalue weighted by atomic mass is 9.87. The van der Waals surface area contributed by atoms with Crippen molar-refractivity contribution in [3.05, 3.63) is 78.1 Å². The number of benzene rings is 1. The summed E-state index contributed by atoms with van der Waals surface area (Å²) < 4.78 is 23.6. The number of rotatable bonds is 23. The van der Waals surface area contributed by atoms with Crippen LogP contribution in [0.25, 0.3) is 0 Å². The quantitative estimate of drug-likeness (QED) is 0.0290. The first kappa shape index (κ1) is 49.8.